The molecule has 1 aromatic carbocycles. The zero-order valence-corrected chi connectivity index (χ0v) is 10.8. The molecule has 0 aliphatic rings. The van der Waals surface area contributed by atoms with E-state index in [1.807, 2.05) is 37.3 Å². The van der Waals surface area contributed by atoms with Crippen LogP contribution in [0.5, 0.6) is 0 Å². The Kier molecular flexibility index (Phi) is 6.65. The zero-order valence-electron chi connectivity index (χ0n) is 10.8. The highest BCUT2D eigenvalue weighted by Gasteiger charge is 2.21. The highest BCUT2D eigenvalue weighted by Crippen LogP contribution is 2.13. The van der Waals surface area contributed by atoms with Gasteiger partial charge in [-0.3, -0.25) is 0 Å². The smallest absolute Gasteiger partial charge is 0.0824 e. The Morgan fingerprint density at radius 3 is 2.50 bits per heavy atom. The van der Waals surface area contributed by atoms with Gasteiger partial charge in [-0.2, -0.15) is 0 Å². The van der Waals surface area contributed by atoms with Crippen molar-refractivity contribution in [1.29, 1.82) is 0 Å². The van der Waals surface area contributed by atoms with E-state index in [0.29, 0.717) is 13.0 Å². The second-order valence-electron chi connectivity index (χ2n) is 4.52. The molecule has 1 rings (SSSR count). The predicted molar refractivity (Wildman–Crippen MR) is 72.1 cm³/mol. The molecule has 0 aliphatic carbocycles. The summed E-state index contributed by atoms with van der Waals surface area (Å²) in [6.45, 7) is 6.08. The fourth-order valence-electron chi connectivity index (χ4n) is 1.67. The van der Waals surface area contributed by atoms with Crippen LogP contribution in [-0.4, -0.2) is 29.0 Å². The Labute approximate surface area is 109 Å². The first-order valence-corrected chi connectivity index (χ1v) is 6.23. The predicted octanol–water partition coefficient (Wildman–Crippen LogP) is 2.14. The van der Waals surface area contributed by atoms with E-state index in [-0.39, 0.29) is 12.5 Å². The van der Waals surface area contributed by atoms with Gasteiger partial charge in [0, 0.05) is 5.92 Å². The van der Waals surface area contributed by atoms with Crippen LogP contribution in [0.25, 0.3) is 0 Å². The summed E-state index contributed by atoms with van der Waals surface area (Å²) in [6.07, 6.45) is 0.900. The maximum atomic E-state index is 9.87. The minimum atomic E-state index is -0.663. The number of benzene rings is 1. The van der Waals surface area contributed by atoms with Crippen LogP contribution < -0.4 is 0 Å². The number of aliphatic hydroxyl groups is 2. The third-order valence-electron chi connectivity index (χ3n) is 3.02. The highest BCUT2D eigenvalue weighted by molar-refractivity contribution is 5.13. The van der Waals surface area contributed by atoms with Gasteiger partial charge >= 0.3 is 0 Å². The summed E-state index contributed by atoms with van der Waals surface area (Å²) >= 11 is 0. The average molecular weight is 250 g/mol. The Balaban J connectivity index is 2.28. The van der Waals surface area contributed by atoms with Gasteiger partial charge in [0.05, 0.1) is 25.4 Å². The standard InChI is InChI=1S/C15H22O3/c1-3-7-14(16)12(2)15(17)11-18-10-13-8-5-4-6-9-13/h3-6,8-9,12,14-17H,1,7,10-11H2,2H3/t12-,14-,15+/m0/s1. The van der Waals surface area contributed by atoms with Crippen LogP contribution in [0, 0.1) is 5.92 Å². The van der Waals surface area contributed by atoms with Crippen molar-refractivity contribution in [1.82, 2.24) is 0 Å². The Bertz CT molecular complexity index is 337. The zero-order chi connectivity index (χ0) is 13.4. The van der Waals surface area contributed by atoms with Crippen molar-refractivity contribution in [2.24, 2.45) is 5.92 Å². The summed E-state index contributed by atoms with van der Waals surface area (Å²) < 4.78 is 5.44. The molecule has 0 aromatic heterocycles. The van der Waals surface area contributed by atoms with Gasteiger partial charge in [0.1, 0.15) is 0 Å². The van der Waals surface area contributed by atoms with E-state index in [1.54, 1.807) is 6.08 Å². The molecule has 1 aromatic rings. The topological polar surface area (TPSA) is 49.7 Å². The van der Waals surface area contributed by atoms with Crippen molar-refractivity contribution in [3.63, 3.8) is 0 Å². The lowest BCUT2D eigenvalue weighted by Crippen LogP contribution is -2.32. The maximum Gasteiger partial charge on any atom is 0.0824 e. The van der Waals surface area contributed by atoms with Gasteiger partial charge < -0.3 is 14.9 Å². The molecule has 3 nitrogen and oxygen atoms in total. The molecule has 0 saturated carbocycles. The fourth-order valence-corrected chi connectivity index (χ4v) is 1.67. The van der Waals surface area contributed by atoms with E-state index < -0.39 is 12.2 Å². The first kappa shape index (κ1) is 14.9. The first-order chi connectivity index (χ1) is 8.65. The molecule has 0 heterocycles. The van der Waals surface area contributed by atoms with E-state index in [4.69, 9.17) is 4.74 Å². The minimum Gasteiger partial charge on any atom is -0.392 e. The average Bonchev–Trinajstić information content (AvgIpc) is 2.39. The third kappa shape index (κ3) is 5.00. The third-order valence-corrected chi connectivity index (χ3v) is 3.02. The molecule has 18 heavy (non-hydrogen) atoms. The molecule has 0 fully saturated rings. The van der Waals surface area contributed by atoms with E-state index in [1.165, 1.54) is 0 Å². The molecule has 0 bridgehead atoms. The number of hydrogen-bond acceptors (Lipinski definition) is 3. The molecule has 0 amide bonds. The van der Waals surface area contributed by atoms with Gasteiger partial charge in [0.2, 0.25) is 0 Å². The van der Waals surface area contributed by atoms with Crippen molar-refractivity contribution >= 4 is 0 Å². The summed E-state index contributed by atoms with van der Waals surface area (Å²) in [4.78, 5) is 0. The number of ether oxygens (including phenoxy) is 1. The summed E-state index contributed by atoms with van der Waals surface area (Å²) in [5.74, 6) is -0.223. The van der Waals surface area contributed by atoms with Crippen molar-refractivity contribution < 1.29 is 14.9 Å². The molecule has 3 heteroatoms. The van der Waals surface area contributed by atoms with Gasteiger partial charge in [-0.1, -0.05) is 43.3 Å². The Morgan fingerprint density at radius 2 is 1.89 bits per heavy atom. The van der Waals surface area contributed by atoms with E-state index in [9.17, 15) is 10.2 Å². The van der Waals surface area contributed by atoms with Gasteiger partial charge in [0.15, 0.2) is 0 Å². The number of rotatable bonds is 8. The van der Waals surface area contributed by atoms with Crippen LogP contribution in [-0.2, 0) is 11.3 Å². The van der Waals surface area contributed by atoms with Crippen LogP contribution >= 0.6 is 0 Å². The van der Waals surface area contributed by atoms with Crippen LogP contribution in [0.2, 0.25) is 0 Å². The van der Waals surface area contributed by atoms with Gasteiger partial charge in [-0.25, -0.2) is 0 Å². The van der Waals surface area contributed by atoms with E-state index >= 15 is 0 Å². The summed E-state index contributed by atoms with van der Waals surface area (Å²) in [5.41, 5.74) is 1.07. The Hall–Kier alpha value is -1.16. The van der Waals surface area contributed by atoms with Crippen LogP contribution in [0.3, 0.4) is 0 Å². The second-order valence-corrected chi connectivity index (χ2v) is 4.52. The molecule has 2 N–H and O–H groups in total. The molecular weight excluding hydrogens is 228 g/mol. The molecule has 0 aliphatic heterocycles. The van der Waals surface area contributed by atoms with Crippen LogP contribution in [0.1, 0.15) is 18.9 Å². The van der Waals surface area contributed by atoms with Crippen LogP contribution in [0.4, 0.5) is 0 Å². The monoisotopic (exact) mass is 250 g/mol. The lowest BCUT2D eigenvalue weighted by atomic mass is 9.96. The largest absolute Gasteiger partial charge is 0.392 e. The molecule has 0 unspecified atom stereocenters. The SMILES string of the molecule is C=CC[C@H](O)[C@H](C)[C@H](O)COCc1ccccc1. The summed E-state index contributed by atoms with van der Waals surface area (Å²) in [6, 6.07) is 9.80. The van der Waals surface area contributed by atoms with Crippen molar-refractivity contribution in [2.75, 3.05) is 6.61 Å². The molecule has 0 radical (unpaired) electrons. The number of aliphatic hydroxyl groups excluding tert-OH is 2. The van der Waals surface area contributed by atoms with Crippen molar-refractivity contribution in [2.45, 2.75) is 32.2 Å². The molecule has 100 valence electrons. The Morgan fingerprint density at radius 1 is 1.22 bits per heavy atom. The summed E-state index contributed by atoms with van der Waals surface area (Å²) in [5, 5.41) is 19.6. The van der Waals surface area contributed by atoms with E-state index in [0.717, 1.165) is 5.56 Å². The second kappa shape index (κ2) is 8.03. The van der Waals surface area contributed by atoms with Crippen molar-refractivity contribution in [3.05, 3.63) is 48.6 Å². The maximum absolute atomic E-state index is 9.87. The minimum absolute atomic E-state index is 0.223. The fraction of sp³-hybridized carbons (Fsp3) is 0.467. The lowest BCUT2D eigenvalue weighted by Gasteiger charge is -2.23. The highest BCUT2D eigenvalue weighted by atomic mass is 16.5. The summed E-state index contributed by atoms with van der Waals surface area (Å²) in [7, 11) is 0. The van der Waals surface area contributed by atoms with Crippen LogP contribution in [0.15, 0.2) is 43.0 Å². The quantitative estimate of drug-likeness (QED) is 0.695. The molecular formula is C15H22O3. The van der Waals surface area contributed by atoms with Gasteiger partial charge in [-0.05, 0) is 12.0 Å². The number of hydrogen-bond donors (Lipinski definition) is 2. The van der Waals surface area contributed by atoms with E-state index in [2.05, 4.69) is 6.58 Å². The normalized spacial score (nSPS) is 15.9. The molecule has 0 saturated heterocycles. The molecule has 0 spiro atoms. The first-order valence-electron chi connectivity index (χ1n) is 6.23. The van der Waals surface area contributed by atoms with Gasteiger partial charge in [0.25, 0.3) is 0 Å². The lowest BCUT2D eigenvalue weighted by molar-refractivity contribution is -0.0344. The molecule has 3 atom stereocenters. The van der Waals surface area contributed by atoms with Crippen molar-refractivity contribution in [3.8, 4) is 0 Å². The van der Waals surface area contributed by atoms with Gasteiger partial charge in [-0.15, -0.1) is 6.58 Å².